The zero-order valence-corrected chi connectivity index (χ0v) is 8.78. The summed E-state index contributed by atoms with van der Waals surface area (Å²) in [6.07, 6.45) is -2.76. The van der Waals surface area contributed by atoms with Crippen LogP contribution in [0.4, 0.5) is 10.2 Å². The number of aliphatic hydroxyl groups is 2. The Morgan fingerprint density at radius 2 is 2.41 bits per heavy atom. The van der Waals surface area contributed by atoms with Gasteiger partial charge < -0.3 is 20.7 Å². The van der Waals surface area contributed by atoms with Crippen LogP contribution in [0.15, 0.2) is 10.9 Å². The first kappa shape index (κ1) is 12.0. The molecule has 0 aromatic carbocycles. The number of anilines is 1. The van der Waals surface area contributed by atoms with Crippen LogP contribution >= 0.6 is 0 Å². The molecule has 0 radical (unpaired) electrons. The number of aliphatic hydroxyl groups excluding tert-OH is 2. The number of hydrogen-bond donors (Lipinski definition) is 3. The molecule has 0 aliphatic carbocycles. The zero-order valence-electron chi connectivity index (χ0n) is 8.78. The summed E-state index contributed by atoms with van der Waals surface area (Å²) in [6.45, 7) is -0.406. The van der Waals surface area contributed by atoms with Crippen molar-refractivity contribution < 1.29 is 19.3 Å². The van der Waals surface area contributed by atoms with E-state index in [0.29, 0.717) is 4.57 Å². The van der Waals surface area contributed by atoms with Crippen molar-refractivity contribution >= 4 is 5.82 Å². The third-order valence-corrected chi connectivity index (χ3v) is 2.60. The van der Waals surface area contributed by atoms with Crippen molar-refractivity contribution in [2.24, 2.45) is 0 Å². The maximum atomic E-state index is 13.5. The van der Waals surface area contributed by atoms with Crippen molar-refractivity contribution in [1.29, 1.82) is 0 Å². The SMILES string of the molecule is Nc1cc(F)n([C@H]2C[C@H](O)[C@@H](CO)O2)c(=O)n1. The van der Waals surface area contributed by atoms with E-state index in [-0.39, 0.29) is 12.2 Å². The second-order valence-electron chi connectivity index (χ2n) is 3.77. The fourth-order valence-corrected chi connectivity index (χ4v) is 1.78. The van der Waals surface area contributed by atoms with E-state index in [9.17, 15) is 14.3 Å². The summed E-state index contributed by atoms with van der Waals surface area (Å²) in [5.41, 5.74) is 4.32. The number of nitrogens with two attached hydrogens (primary N) is 1. The van der Waals surface area contributed by atoms with E-state index in [1.165, 1.54) is 0 Å². The fourth-order valence-electron chi connectivity index (χ4n) is 1.78. The Kier molecular flexibility index (Phi) is 3.09. The second kappa shape index (κ2) is 4.40. The van der Waals surface area contributed by atoms with E-state index in [1.807, 2.05) is 0 Å². The Morgan fingerprint density at radius 1 is 1.71 bits per heavy atom. The number of rotatable bonds is 2. The first-order chi connectivity index (χ1) is 8.02. The van der Waals surface area contributed by atoms with Gasteiger partial charge >= 0.3 is 5.69 Å². The molecule has 0 bridgehead atoms. The van der Waals surface area contributed by atoms with Gasteiger partial charge in [-0.1, -0.05) is 0 Å². The number of hydrogen-bond acceptors (Lipinski definition) is 6. The predicted octanol–water partition coefficient (Wildman–Crippen LogP) is -1.39. The number of nitrogens with zero attached hydrogens (tertiary/aromatic N) is 2. The molecule has 3 atom stereocenters. The maximum Gasteiger partial charge on any atom is 0.353 e. The summed E-state index contributed by atoms with van der Waals surface area (Å²) in [7, 11) is 0. The first-order valence-electron chi connectivity index (χ1n) is 5.02. The van der Waals surface area contributed by atoms with E-state index in [1.54, 1.807) is 0 Å². The molecular weight excluding hydrogens is 233 g/mol. The van der Waals surface area contributed by atoms with Gasteiger partial charge in [-0.3, -0.25) is 0 Å². The summed E-state index contributed by atoms with van der Waals surface area (Å²) in [4.78, 5) is 14.8. The molecule has 0 spiro atoms. The van der Waals surface area contributed by atoms with Crippen molar-refractivity contribution in [1.82, 2.24) is 9.55 Å². The number of ether oxygens (including phenoxy) is 1. The summed E-state index contributed by atoms with van der Waals surface area (Å²) in [5.74, 6) is -1.11. The van der Waals surface area contributed by atoms with Gasteiger partial charge in [-0.25, -0.2) is 9.36 Å². The number of halogens is 1. The molecule has 1 aromatic rings. The van der Waals surface area contributed by atoms with Crippen molar-refractivity contribution in [2.75, 3.05) is 12.3 Å². The van der Waals surface area contributed by atoms with Crippen LogP contribution in [0.25, 0.3) is 0 Å². The zero-order chi connectivity index (χ0) is 12.6. The van der Waals surface area contributed by atoms with Gasteiger partial charge in [-0.05, 0) is 0 Å². The third-order valence-electron chi connectivity index (χ3n) is 2.60. The Morgan fingerprint density at radius 3 is 2.94 bits per heavy atom. The van der Waals surface area contributed by atoms with Crippen molar-refractivity contribution in [3.05, 3.63) is 22.5 Å². The minimum Gasteiger partial charge on any atom is -0.394 e. The van der Waals surface area contributed by atoms with E-state index in [0.717, 1.165) is 6.07 Å². The molecule has 1 fully saturated rings. The van der Waals surface area contributed by atoms with Crippen LogP contribution in [0.3, 0.4) is 0 Å². The van der Waals surface area contributed by atoms with Gasteiger partial charge in [0.15, 0.2) is 0 Å². The van der Waals surface area contributed by atoms with Crippen LogP contribution < -0.4 is 11.4 Å². The van der Waals surface area contributed by atoms with Gasteiger partial charge in [0.25, 0.3) is 0 Å². The van der Waals surface area contributed by atoms with E-state index < -0.39 is 36.7 Å². The van der Waals surface area contributed by atoms with Crippen LogP contribution in [0.5, 0.6) is 0 Å². The average molecular weight is 245 g/mol. The fraction of sp³-hybridized carbons (Fsp3) is 0.556. The van der Waals surface area contributed by atoms with E-state index >= 15 is 0 Å². The lowest BCUT2D eigenvalue weighted by molar-refractivity contribution is -0.0493. The average Bonchev–Trinajstić information content (AvgIpc) is 2.57. The predicted molar refractivity (Wildman–Crippen MR) is 54.5 cm³/mol. The summed E-state index contributed by atoms with van der Waals surface area (Å²) in [5, 5.41) is 18.4. The van der Waals surface area contributed by atoms with Gasteiger partial charge in [-0.15, -0.1) is 0 Å². The Labute approximate surface area is 95.3 Å². The number of nitrogen functional groups attached to an aromatic ring is 1. The molecule has 1 saturated heterocycles. The van der Waals surface area contributed by atoms with Crippen LogP contribution in [0.2, 0.25) is 0 Å². The molecule has 4 N–H and O–H groups in total. The molecule has 7 nitrogen and oxygen atoms in total. The van der Waals surface area contributed by atoms with Crippen LogP contribution in [-0.4, -0.2) is 38.6 Å². The minimum absolute atomic E-state index is 0.00759. The van der Waals surface area contributed by atoms with Gasteiger partial charge in [0.2, 0.25) is 5.95 Å². The molecule has 1 aliphatic heterocycles. The minimum atomic E-state index is -0.984. The Balaban J connectivity index is 2.34. The maximum absolute atomic E-state index is 13.5. The molecule has 1 aromatic heterocycles. The molecule has 94 valence electrons. The molecule has 0 saturated carbocycles. The topological polar surface area (TPSA) is 111 Å². The summed E-state index contributed by atoms with van der Waals surface area (Å²) >= 11 is 0. The summed E-state index contributed by atoms with van der Waals surface area (Å²) in [6, 6.07) is 0.892. The normalized spacial score (nSPS) is 28.5. The van der Waals surface area contributed by atoms with Crippen LogP contribution in [0, 0.1) is 5.95 Å². The quantitative estimate of drug-likeness (QED) is 0.553. The smallest absolute Gasteiger partial charge is 0.353 e. The van der Waals surface area contributed by atoms with E-state index in [4.69, 9.17) is 15.6 Å². The highest BCUT2D eigenvalue weighted by molar-refractivity contribution is 5.24. The molecule has 0 unspecified atom stereocenters. The number of aromatic nitrogens is 2. The van der Waals surface area contributed by atoms with Crippen molar-refractivity contribution in [3.63, 3.8) is 0 Å². The highest BCUT2D eigenvalue weighted by Gasteiger charge is 2.36. The molecule has 17 heavy (non-hydrogen) atoms. The van der Waals surface area contributed by atoms with Gasteiger partial charge in [0.1, 0.15) is 18.1 Å². The monoisotopic (exact) mass is 245 g/mol. The van der Waals surface area contributed by atoms with Crippen molar-refractivity contribution in [3.8, 4) is 0 Å². The lowest BCUT2D eigenvalue weighted by atomic mass is 10.2. The first-order valence-corrected chi connectivity index (χ1v) is 5.02. The van der Waals surface area contributed by atoms with Crippen LogP contribution in [0.1, 0.15) is 12.6 Å². The molecule has 2 heterocycles. The van der Waals surface area contributed by atoms with Crippen LogP contribution in [-0.2, 0) is 4.74 Å². The Hall–Kier alpha value is -1.51. The second-order valence-corrected chi connectivity index (χ2v) is 3.77. The highest BCUT2D eigenvalue weighted by atomic mass is 19.1. The molecular formula is C9H12FN3O4. The molecule has 0 amide bonds. The highest BCUT2D eigenvalue weighted by Crippen LogP contribution is 2.28. The lowest BCUT2D eigenvalue weighted by Gasteiger charge is -2.15. The van der Waals surface area contributed by atoms with Gasteiger partial charge in [-0.2, -0.15) is 9.37 Å². The lowest BCUT2D eigenvalue weighted by Crippen LogP contribution is -2.30. The molecule has 2 rings (SSSR count). The van der Waals surface area contributed by atoms with E-state index in [2.05, 4.69) is 4.98 Å². The van der Waals surface area contributed by atoms with Gasteiger partial charge in [0.05, 0.1) is 12.7 Å². The molecule has 8 heteroatoms. The summed E-state index contributed by atoms with van der Waals surface area (Å²) < 4.78 is 19.4. The molecule has 1 aliphatic rings. The Bertz CT molecular complexity index is 478. The van der Waals surface area contributed by atoms with Crippen molar-refractivity contribution in [2.45, 2.75) is 24.9 Å². The third kappa shape index (κ3) is 2.14. The standard InChI is InChI=1S/C9H12FN3O4/c10-6-2-7(11)12-9(16)13(6)8-1-4(15)5(3-14)17-8/h2,4-5,8,14-15H,1,3H2,(H2,11,12,16)/t4-,5+,8+/m0/s1. The largest absolute Gasteiger partial charge is 0.394 e. The van der Waals surface area contributed by atoms with Gasteiger partial charge in [0, 0.05) is 12.5 Å².